The number of aliphatic hydroxyl groups excluding tert-OH is 1. The molecule has 0 unspecified atom stereocenters. The first kappa shape index (κ1) is 20.1. The van der Waals surface area contributed by atoms with E-state index in [1.54, 1.807) is 28.4 Å². The topological polar surface area (TPSA) is 86.3 Å². The fourth-order valence-corrected chi connectivity index (χ4v) is 2.39. The van der Waals surface area contributed by atoms with Crippen molar-refractivity contribution >= 4 is 5.91 Å². The highest BCUT2D eigenvalue weighted by atomic mass is 16.5. The maximum Gasteiger partial charge on any atom is 0.220 e. The van der Waals surface area contributed by atoms with Crippen LogP contribution in [0.4, 0.5) is 0 Å². The van der Waals surface area contributed by atoms with E-state index in [0.717, 1.165) is 5.56 Å². The van der Waals surface area contributed by atoms with Gasteiger partial charge in [-0.3, -0.25) is 4.79 Å². The van der Waals surface area contributed by atoms with Crippen LogP contribution in [-0.4, -0.2) is 58.7 Å². The molecule has 0 heterocycles. The van der Waals surface area contributed by atoms with Gasteiger partial charge in [-0.2, -0.15) is 0 Å². The van der Waals surface area contributed by atoms with Crippen LogP contribution in [0.25, 0.3) is 0 Å². The molecule has 0 spiro atoms. The van der Waals surface area contributed by atoms with Crippen molar-refractivity contribution in [2.45, 2.75) is 25.3 Å². The number of rotatable bonds is 11. The Labute approximate surface area is 142 Å². The molecular weight excluding hydrogens is 314 g/mol. The first-order chi connectivity index (χ1) is 11.6. The summed E-state index contributed by atoms with van der Waals surface area (Å²) in [6.07, 6.45) is 1.30. The predicted octanol–water partition coefficient (Wildman–Crippen LogP) is 1.16. The van der Waals surface area contributed by atoms with Crippen molar-refractivity contribution in [3.63, 3.8) is 0 Å². The summed E-state index contributed by atoms with van der Waals surface area (Å²) in [7, 11) is 6.22. The number of aliphatic hydroxyl groups is 1. The van der Waals surface area contributed by atoms with E-state index in [9.17, 15) is 4.79 Å². The minimum absolute atomic E-state index is 0.00117. The highest BCUT2D eigenvalue weighted by Crippen LogP contribution is 2.38. The number of methoxy groups -OCH3 is 4. The van der Waals surface area contributed by atoms with Crippen LogP contribution in [0.15, 0.2) is 12.1 Å². The normalized spacial score (nSPS) is 11.7. The Bertz CT molecular complexity index is 489. The lowest BCUT2D eigenvalue weighted by atomic mass is 10.1. The first-order valence-corrected chi connectivity index (χ1v) is 7.77. The minimum Gasteiger partial charge on any atom is -0.493 e. The first-order valence-electron chi connectivity index (χ1n) is 7.77. The molecule has 0 saturated heterocycles. The SMILES string of the molecule is COC[C@H](CCO)NC(=O)CCc1cc(OC)c(OC)c(OC)c1. The average molecular weight is 341 g/mol. The lowest BCUT2D eigenvalue weighted by Crippen LogP contribution is -2.38. The Hall–Kier alpha value is -1.99. The molecule has 136 valence electrons. The minimum atomic E-state index is -0.188. The van der Waals surface area contributed by atoms with Crippen LogP contribution in [0.3, 0.4) is 0 Å². The van der Waals surface area contributed by atoms with Gasteiger partial charge >= 0.3 is 0 Å². The molecule has 1 aromatic rings. The second-order valence-corrected chi connectivity index (χ2v) is 5.27. The summed E-state index contributed by atoms with van der Waals surface area (Å²) < 4.78 is 20.9. The summed E-state index contributed by atoms with van der Waals surface area (Å²) in [5.41, 5.74) is 0.907. The predicted molar refractivity (Wildman–Crippen MR) is 89.9 cm³/mol. The smallest absolute Gasteiger partial charge is 0.220 e. The molecular formula is C17H27NO6. The van der Waals surface area contributed by atoms with Crippen LogP contribution >= 0.6 is 0 Å². The number of carbonyl (C=O) groups is 1. The van der Waals surface area contributed by atoms with E-state index in [1.807, 2.05) is 12.1 Å². The van der Waals surface area contributed by atoms with Crippen molar-refractivity contribution in [3.8, 4) is 17.2 Å². The van der Waals surface area contributed by atoms with E-state index < -0.39 is 0 Å². The molecule has 0 radical (unpaired) electrons. The standard InChI is InChI=1S/C17H27NO6/c1-21-11-13(7-8-19)18-16(20)6-5-12-9-14(22-2)17(24-4)15(10-12)23-3/h9-10,13,19H,5-8,11H2,1-4H3,(H,18,20)/t13-/m0/s1. The molecule has 0 aromatic heterocycles. The van der Waals surface area contributed by atoms with Crippen LogP contribution in [-0.2, 0) is 16.0 Å². The molecule has 7 heteroatoms. The Morgan fingerprint density at radius 2 is 1.75 bits per heavy atom. The molecule has 0 aliphatic rings. The lowest BCUT2D eigenvalue weighted by molar-refractivity contribution is -0.122. The van der Waals surface area contributed by atoms with E-state index >= 15 is 0 Å². The molecule has 0 aliphatic carbocycles. The zero-order valence-corrected chi connectivity index (χ0v) is 14.8. The average Bonchev–Trinajstić information content (AvgIpc) is 2.59. The van der Waals surface area contributed by atoms with Gasteiger partial charge in [-0.25, -0.2) is 0 Å². The lowest BCUT2D eigenvalue weighted by Gasteiger charge is -2.17. The van der Waals surface area contributed by atoms with Crippen molar-refractivity contribution in [2.24, 2.45) is 0 Å². The van der Waals surface area contributed by atoms with Crippen molar-refractivity contribution in [1.29, 1.82) is 0 Å². The van der Waals surface area contributed by atoms with E-state index in [-0.39, 0.29) is 18.6 Å². The van der Waals surface area contributed by atoms with Crippen LogP contribution < -0.4 is 19.5 Å². The summed E-state index contributed by atoms with van der Waals surface area (Å²) >= 11 is 0. The Balaban J connectivity index is 2.70. The van der Waals surface area contributed by atoms with Gasteiger partial charge in [0.05, 0.1) is 34.0 Å². The van der Waals surface area contributed by atoms with Gasteiger partial charge in [0.2, 0.25) is 11.7 Å². The van der Waals surface area contributed by atoms with Gasteiger partial charge in [0.1, 0.15) is 0 Å². The maximum absolute atomic E-state index is 12.1. The molecule has 0 fully saturated rings. The Morgan fingerprint density at radius 1 is 1.12 bits per heavy atom. The fraction of sp³-hybridized carbons (Fsp3) is 0.588. The van der Waals surface area contributed by atoms with E-state index in [2.05, 4.69) is 5.32 Å². The largest absolute Gasteiger partial charge is 0.493 e. The zero-order valence-electron chi connectivity index (χ0n) is 14.8. The number of ether oxygens (including phenoxy) is 4. The van der Waals surface area contributed by atoms with Gasteiger partial charge in [-0.1, -0.05) is 0 Å². The van der Waals surface area contributed by atoms with Crippen molar-refractivity contribution in [3.05, 3.63) is 17.7 Å². The van der Waals surface area contributed by atoms with Crippen molar-refractivity contribution in [2.75, 3.05) is 41.7 Å². The van der Waals surface area contributed by atoms with Crippen molar-refractivity contribution in [1.82, 2.24) is 5.32 Å². The molecule has 1 amide bonds. The van der Waals surface area contributed by atoms with Crippen LogP contribution in [0.1, 0.15) is 18.4 Å². The summed E-state index contributed by atoms with van der Waals surface area (Å²) in [5, 5.41) is 11.9. The monoisotopic (exact) mass is 341 g/mol. The maximum atomic E-state index is 12.1. The molecule has 0 saturated carbocycles. The summed E-state index contributed by atoms with van der Waals surface area (Å²) in [6, 6.07) is 3.47. The molecule has 1 atom stereocenters. The Kier molecular flexibility index (Phi) is 8.96. The molecule has 1 aromatic carbocycles. The number of hydrogen-bond acceptors (Lipinski definition) is 6. The zero-order chi connectivity index (χ0) is 17.9. The van der Waals surface area contributed by atoms with Crippen molar-refractivity contribution < 1.29 is 28.8 Å². The summed E-state index contributed by atoms with van der Waals surface area (Å²) in [5.74, 6) is 1.55. The Morgan fingerprint density at radius 3 is 2.21 bits per heavy atom. The number of aryl methyl sites for hydroxylation is 1. The second kappa shape index (κ2) is 10.7. The van der Waals surface area contributed by atoms with Crippen LogP contribution in [0.2, 0.25) is 0 Å². The molecule has 1 rings (SSSR count). The van der Waals surface area contributed by atoms with Gasteiger partial charge in [0.15, 0.2) is 11.5 Å². The quantitative estimate of drug-likeness (QED) is 0.628. The third-order valence-corrected chi connectivity index (χ3v) is 3.58. The van der Waals surface area contributed by atoms with Gasteiger partial charge < -0.3 is 29.4 Å². The van der Waals surface area contributed by atoms with E-state index in [4.69, 9.17) is 24.1 Å². The fourth-order valence-electron chi connectivity index (χ4n) is 2.39. The van der Waals surface area contributed by atoms with Gasteiger partial charge in [-0.05, 0) is 30.5 Å². The highest BCUT2D eigenvalue weighted by Gasteiger charge is 2.15. The number of benzene rings is 1. The molecule has 7 nitrogen and oxygen atoms in total. The molecule has 2 N–H and O–H groups in total. The number of hydrogen-bond donors (Lipinski definition) is 2. The summed E-state index contributed by atoms with van der Waals surface area (Å²) in [4.78, 5) is 12.1. The second-order valence-electron chi connectivity index (χ2n) is 5.27. The highest BCUT2D eigenvalue weighted by molar-refractivity contribution is 5.76. The number of nitrogens with one attached hydrogen (secondary N) is 1. The van der Waals surface area contributed by atoms with E-state index in [0.29, 0.717) is 43.1 Å². The van der Waals surface area contributed by atoms with Crippen LogP contribution in [0.5, 0.6) is 17.2 Å². The molecule has 24 heavy (non-hydrogen) atoms. The van der Waals surface area contributed by atoms with Gasteiger partial charge in [0, 0.05) is 20.1 Å². The number of amides is 1. The van der Waals surface area contributed by atoms with Gasteiger partial charge in [0.25, 0.3) is 0 Å². The third kappa shape index (κ3) is 5.90. The third-order valence-electron chi connectivity index (χ3n) is 3.58. The number of carbonyl (C=O) groups excluding carboxylic acids is 1. The summed E-state index contributed by atoms with van der Waals surface area (Å²) in [6.45, 7) is 0.373. The molecule has 0 bridgehead atoms. The van der Waals surface area contributed by atoms with E-state index in [1.165, 1.54) is 0 Å². The van der Waals surface area contributed by atoms with Gasteiger partial charge in [-0.15, -0.1) is 0 Å². The molecule has 0 aliphatic heterocycles. The van der Waals surface area contributed by atoms with Crippen LogP contribution in [0, 0.1) is 0 Å².